The Balaban J connectivity index is 1.21. The molecule has 0 heterocycles. The van der Waals surface area contributed by atoms with Gasteiger partial charge < -0.3 is 4.74 Å². The summed E-state index contributed by atoms with van der Waals surface area (Å²) in [6.45, 7) is 3.93. The molecule has 0 saturated heterocycles. The van der Waals surface area contributed by atoms with Gasteiger partial charge in [-0.25, -0.2) is 4.79 Å². The minimum Gasteiger partial charge on any atom is -0.461 e. The second-order valence-corrected chi connectivity index (χ2v) is 11.2. The first-order valence-corrected chi connectivity index (χ1v) is 14.1. The van der Waals surface area contributed by atoms with Gasteiger partial charge >= 0.3 is 5.97 Å². The molecule has 0 amide bonds. The fourth-order valence-electron chi connectivity index (χ4n) is 4.12. The van der Waals surface area contributed by atoms with Gasteiger partial charge in [0.25, 0.3) is 0 Å². The summed E-state index contributed by atoms with van der Waals surface area (Å²) in [5.41, 5.74) is 0. The van der Waals surface area contributed by atoms with Crippen molar-refractivity contribution in [3.05, 3.63) is 97.6 Å². The maximum atomic E-state index is 11.6. The van der Waals surface area contributed by atoms with Gasteiger partial charge in [0.2, 0.25) is 0 Å². The zero-order valence-electron chi connectivity index (χ0n) is 20.0. The van der Waals surface area contributed by atoms with Crippen molar-refractivity contribution in [1.29, 1.82) is 0 Å². The normalized spacial score (nSPS) is 12.0. The summed E-state index contributed by atoms with van der Waals surface area (Å²) < 4.78 is 5.41. The first kappa shape index (κ1) is 25.4. The molecule has 0 saturated carbocycles. The molecule has 2 nitrogen and oxygen atoms in total. The Labute approximate surface area is 217 Å². The quantitative estimate of drug-likeness (QED) is 0.0792. The van der Waals surface area contributed by atoms with Crippen molar-refractivity contribution in [2.75, 3.05) is 12.4 Å². The van der Waals surface area contributed by atoms with E-state index in [-0.39, 0.29) is 11.2 Å². The molecule has 4 aromatic rings. The van der Waals surface area contributed by atoms with Gasteiger partial charge in [0.15, 0.2) is 0 Å². The van der Waals surface area contributed by atoms with Crippen molar-refractivity contribution < 1.29 is 9.53 Å². The first-order valence-electron chi connectivity index (χ1n) is 12.3. The van der Waals surface area contributed by atoms with E-state index in [2.05, 4.69) is 91.5 Å². The number of thioether (sulfide) groups is 2. The van der Waals surface area contributed by atoms with E-state index in [1.165, 1.54) is 56.7 Å². The monoisotopic (exact) mass is 500 g/mol. The highest BCUT2D eigenvalue weighted by atomic mass is 32.2. The summed E-state index contributed by atoms with van der Waals surface area (Å²) in [5, 5.41) is 5.33. The molecule has 0 bridgehead atoms. The minimum absolute atomic E-state index is 0.243. The van der Waals surface area contributed by atoms with E-state index in [4.69, 9.17) is 4.74 Å². The molecular formula is C31H32O2S2. The van der Waals surface area contributed by atoms with E-state index in [1.807, 2.05) is 11.8 Å². The zero-order valence-corrected chi connectivity index (χ0v) is 21.7. The summed E-state index contributed by atoms with van der Waals surface area (Å²) in [7, 11) is 0. The summed E-state index contributed by atoms with van der Waals surface area (Å²) in [4.78, 5) is 14.2. The van der Waals surface area contributed by atoms with E-state index in [1.54, 1.807) is 11.8 Å². The molecule has 0 aliphatic heterocycles. The van der Waals surface area contributed by atoms with Crippen LogP contribution >= 0.6 is 23.5 Å². The molecule has 0 radical (unpaired) electrons. The largest absolute Gasteiger partial charge is 0.461 e. The van der Waals surface area contributed by atoms with Crippen LogP contribution in [0.3, 0.4) is 0 Å². The lowest BCUT2D eigenvalue weighted by Crippen LogP contribution is -2.15. The Morgan fingerprint density at radius 1 is 0.771 bits per heavy atom. The predicted octanol–water partition coefficient (Wildman–Crippen LogP) is 8.93. The smallest absolute Gasteiger partial charge is 0.330 e. The molecule has 4 heteroatoms. The number of carbonyl (C=O) groups is 1. The highest BCUT2D eigenvalue weighted by Crippen LogP contribution is 2.30. The Morgan fingerprint density at radius 2 is 1.37 bits per heavy atom. The molecule has 0 N–H and O–H groups in total. The number of carbonyl (C=O) groups excluding carboxylic acids is 1. The molecule has 4 aromatic carbocycles. The van der Waals surface area contributed by atoms with Crippen LogP contribution < -0.4 is 0 Å². The molecule has 0 aliphatic carbocycles. The molecular weight excluding hydrogens is 468 g/mol. The van der Waals surface area contributed by atoms with Crippen LogP contribution in [-0.4, -0.2) is 23.6 Å². The summed E-state index contributed by atoms with van der Waals surface area (Å²) in [5.74, 6) is 0.796. The molecule has 0 fully saturated rings. The van der Waals surface area contributed by atoms with Crippen LogP contribution in [0.5, 0.6) is 0 Å². The van der Waals surface area contributed by atoms with Crippen LogP contribution in [0.4, 0.5) is 0 Å². The summed E-state index contributed by atoms with van der Waals surface area (Å²) in [6, 6.07) is 30.2. The average Bonchev–Trinajstić information content (AvgIpc) is 2.90. The molecule has 0 spiro atoms. The molecule has 1 atom stereocenters. The number of esters is 1. The van der Waals surface area contributed by atoms with Crippen molar-refractivity contribution in [3.63, 3.8) is 0 Å². The number of unbranched alkanes of at least 4 members (excludes halogenated alkanes) is 3. The highest BCUT2D eigenvalue weighted by Gasteiger charge is 2.13. The van der Waals surface area contributed by atoms with E-state index >= 15 is 0 Å². The topological polar surface area (TPSA) is 26.3 Å². The van der Waals surface area contributed by atoms with Crippen molar-refractivity contribution in [1.82, 2.24) is 0 Å². The number of ether oxygens (including phenoxy) is 1. The maximum Gasteiger partial charge on any atom is 0.330 e. The third kappa shape index (κ3) is 7.91. The van der Waals surface area contributed by atoms with Gasteiger partial charge in [-0.2, -0.15) is 0 Å². The van der Waals surface area contributed by atoms with Crippen LogP contribution in [-0.2, 0) is 9.53 Å². The average molecular weight is 501 g/mol. The van der Waals surface area contributed by atoms with E-state index < -0.39 is 0 Å². The van der Waals surface area contributed by atoms with Crippen LogP contribution in [0.2, 0.25) is 0 Å². The van der Waals surface area contributed by atoms with Crippen LogP contribution in [0.1, 0.15) is 32.1 Å². The molecule has 0 aliphatic rings. The van der Waals surface area contributed by atoms with Gasteiger partial charge in [-0.05, 0) is 64.4 Å². The van der Waals surface area contributed by atoms with Gasteiger partial charge in [-0.1, -0.05) is 86.5 Å². The number of hydrogen-bond acceptors (Lipinski definition) is 4. The molecule has 180 valence electrons. The van der Waals surface area contributed by atoms with Gasteiger partial charge in [0.05, 0.1) is 0 Å². The Morgan fingerprint density at radius 3 is 2.06 bits per heavy atom. The SMILES string of the molecule is C=CC(=O)OCC(CCCCCCSc1ccc2ccccc2c1)Sc1ccc2ccccc2c1. The van der Waals surface area contributed by atoms with Gasteiger partial charge in [0, 0.05) is 21.1 Å². The molecule has 4 rings (SSSR count). The Kier molecular flexibility index (Phi) is 9.74. The van der Waals surface area contributed by atoms with Crippen molar-refractivity contribution in [3.8, 4) is 0 Å². The maximum absolute atomic E-state index is 11.6. The van der Waals surface area contributed by atoms with E-state index in [0.29, 0.717) is 6.61 Å². The van der Waals surface area contributed by atoms with Gasteiger partial charge in [-0.3, -0.25) is 0 Å². The minimum atomic E-state index is -0.347. The summed E-state index contributed by atoms with van der Waals surface area (Å²) in [6.07, 6.45) is 7.04. The fourth-order valence-corrected chi connectivity index (χ4v) is 6.22. The fraction of sp³-hybridized carbons (Fsp3) is 0.258. The second kappa shape index (κ2) is 13.4. The van der Waals surface area contributed by atoms with E-state index in [9.17, 15) is 4.79 Å². The van der Waals surface area contributed by atoms with Crippen molar-refractivity contribution >= 4 is 51.0 Å². The molecule has 35 heavy (non-hydrogen) atoms. The highest BCUT2D eigenvalue weighted by molar-refractivity contribution is 8.00. The Hall–Kier alpha value is -2.69. The lowest BCUT2D eigenvalue weighted by Gasteiger charge is -2.17. The second-order valence-electron chi connectivity index (χ2n) is 8.64. The first-order chi connectivity index (χ1) is 17.2. The number of fused-ring (bicyclic) bond motifs is 2. The van der Waals surface area contributed by atoms with Crippen molar-refractivity contribution in [2.45, 2.75) is 47.1 Å². The van der Waals surface area contributed by atoms with E-state index in [0.717, 1.165) is 18.6 Å². The third-order valence-corrected chi connectivity index (χ3v) is 8.32. The third-order valence-electron chi connectivity index (χ3n) is 6.01. The molecule has 0 aromatic heterocycles. The van der Waals surface area contributed by atoms with Crippen molar-refractivity contribution in [2.24, 2.45) is 0 Å². The lowest BCUT2D eigenvalue weighted by atomic mass is 10.1. The van der Waals surface area contributed by atoms with Gasteiger partial charge in [-0.15, -0.1) is 23.5 Å². The number of rotatable bonds is 13. The Bertz CT molecular complexity index is 1270. The van der Waals surface area contributed by atoms with Gasteiger partial charge in [0.1, 0.15) is 6.61 Å². The van der Waals surface area contributed by atoms with Crippen LogP contribution in [0, 0.1) is 0 Å². The van der Waals surface area contributed by atoms with Crippen LogP contribution in [0.15, 0.2) is 107 Å². The zero-order chi connectivity index (χ0) is 24.3. The predicted molar refractivity (Wildman–Crippen MR) is 153 cm³/mol. The summed E-state index contributed by atoms with van der Waals surface area (Å²) >= 11 is 3.75. The van der Waals surface area contributed by atoms with Crippen LogP contribution in [0.25, 0.3) is 21.5 Å². The number of hydrogen-bond donors (Lipinski definition) is 0. The molecule has 1 unspecified atom stereocenters. The standard InChI is InChI=1S/C31H32O2S2/c1-2-31(32)33-23-30(35-29-19-17-25-12-7-9-14-27(25)22-29)15-5-3-4-10-20-34-28-18-16-24-11-6-8-13-26(24)21-28/h2,6-9,11-14,16-19,21-22,30H,1,3-5,10,15,20,23H2. The lowest BCUT2D eigenvalue weighted by molar-refractivity contribution is -0.137. The number of benzene rings is 4.